The van der Waals surface area contributed by atoms with Crippen molar-refractivity contribution in [3.05, 3.63) is 0 Å². The van der Waals surface area contributed by atoms with E-state index in [1.54, 1.807) is 0 Å². The van der Waals surface area contributed by atoms with E-state index in [0.29, 0.717) is 14.5 Å². The molecule has 0 spiro atoms. The van der Waals surface area contributed by atoms with Gasteiger partial charge >= 0.3 is 51.4 Å². The van der Waals surface area contributed by atoms with Crippen LogP contribution in [0.1, 0.15) is 26.2 Å². The van der Waals surface area contributed by atoms with Crippen molar-refractivity contribution in [2.45, 2.75) is 26.2 Å². The molecular weight excluding hydrogens is 267 g/mol. The third kappa shape index (κ3) is 14.3. The molecule has 0 aromatic heterocycles. The number of unbranched alkanes of at least 4 members (excludes halogenated alkanes) is 2. The van der Waals surface area contributed by atoms with Crippen molar-refractivity contribution in [2.75, 3.05) is 6.61 Å². The first-order chi connectivity index (χ1) is 5.66. The molecule has 0 aromatic carbocycles. The summed E-state index contributed by atoms with van der Waals surface area (Å²) in [5.41, 5.74) is 0. The second-order valence-electron chi connectivity index (χ2n) is 2.17. The van der Waals surface area contributed by atoms with E-state index in [0.717, 1.165) is 6.42 Å². The Bertz CT molecular complexity index is 163. The number of hydrogen-bond donors (Lipinski definition) is 1. The number of hydrogen-bond acceptors (Lipinski definition) is 4. The second-order valence-corrected chi connectivity index (χ2v) is 5.50. The summed E-state index contributed by atoms with van der Waals surface area (Å²) in [5.74, 6) is 0. The van der Waals surface area contributed by atoms with Crippen molar-refractivity contribution in [3.63, 3.8) is 0 Å². The number of rotatable bonds is 4. The van der Waals surface area contributed by atoms with Gasteiger partial charge in [0.15, 0.2) is 0 Å². The first-order valence-electron chi connectivity index (χ1n) is 3.74. The zero-order valence-corrected chi connectivity index (χ0v) is 10.3. The molecule has 0 aliphatic heterocycles. The minimum absolute atomic E-state index is 0. The average Bonchev–Trinajstić information content (AvgIpc) is 1.97. The number of thiol groups is 1. The fourth-order valence-electron chi connectivity index (χ4n) is 0.608. The van der Waals surface area contributed by atoms with Crippen molar-refractivity contribution < 1.29 is 4.74 Å². The summed E-state index contributed by atoms with van der Waals surface area (Å²) >= 11 is 14.8. The third-order valence-electron chi connectivity index (χ3n) is 1.14. The van der Waals surface area contributed by atoms with Crippen molar-refractivity contribution in [1.29, 1.82) is 0 Å². The Kier molecular flexibility index (Phi) is 16.9. The Morgan fingerprint density at radius 3 is 2.46 bits per heavy atom. The summed E-state index contributed by atoms with van der Waals surface area (Å²) in [6, 6.07) is 0. The Hall–Kier alpha value is 2.32. The summed E-state index contributed by atoms with van der Waals surface area (Å²) < 4.78 is 6.20. The van der Waals surface area contributed by atoms with Crippen LogP contribution in [0.4, 0.5) is 0 Å². The van der Waals surface area contributed by atoms with Gasteiger partial charge in [0.05, 0.1) is 6.61 Å². The first-order valence-corrected chi connectivity index (χ1v) is 5.82. The standard InChI is InChI=1S/C7H12OS4.K.H/c1-2-3-4-5-8-6(9)12-7(10)11;;/h2-5H2,1H3,(H,10,11);;. The Balaban J connectivity index is 0. The van der Waals surface area contributed by atoms with Gasteiger partial charge in [-0.05, 0) is 30.4 Å². The molecule has 0 fully saturated rings. The molecule has 0 rings (SSSR count). The van der Waals surface area contributed by atoms with Crippen molar-refractivity contribution in [2.24, 2.45) is 0 Å². The third-order valence-corrected chi connectivity index (χ3v) is 2.49. The van der Waals surface area contributed by atoms with Gasteiger partial charge in [0.25, 0.3) is 0 Å². The molecule has 72 valence electrons. The second kappa shape index (κ2) is 12.4. The first kappa shape index (κ1) is 17.7. The number of thioether (sulfide) groups is 1. The maximum absolute atomic E-state index is 5.21. The number of ether oxygens (including phenoxy) is 1. The van der Waals surface area contributed by atoms with Crippen LogP contribution in [-0.4, -0.2) is 65.9 Å². The van der Waals surface area contributed by atoms with E-state index in [-0.39, 0.29) is 51.4 Å². The van der Waals surface area contributed by atoms with Crippen LogP contribution < -0.4 is 0 Å². The summed E-state index contributed by atoms with van der Waals surface area (Å²) in [6.45, 7) is 2.84. The SMILES string of the molecule is CCCCCOC(=S)SC(=S)S.[KH]. The Labute approximate surface area is 143 Å². The van der Waals surface area contributed by atoms with Crippen LogP contribution in [-0.2, 0) is 4.74 Å². The average molecular weight is 281 g/mol. The van der Waals surface area contributed by atoms with Gasteiger partial charge in [-0.3, -0.25) is 0 Å². The Morgan fingerprint density at radius 1 is 1.38 bits per heavy atom. The molecule has 13 heavy (non-hydrogen) atoms. The summed E-state index contributed by atoms with van der Waals surface area (Å²) in [6.07, 6.45) is 3.42. The molecule has 6 heteroatoms. The molecule has 0 unspecified atom stereocenters. The predicted octanol–water partition coefficient (Wildman–Crippen LogP) is 2.78. The van der Waals surface area contributed by atoms with Crippen molar-refractivity contribution >= 4 is 108 Å². The van der Waals surface area contributed by atoms with Crippen molar-refractivity contribution in [3.8, 4) is 0 Å². The molecule has 0 bridgehead atoms. The van der Waals surface area contributed by atoms with E-state index in [9.17, 15) is 0 Å². The molecule has 0 heterocycles. The van der Waals surface area contributed by atoms with Gasteiger partial charge in [-0.15, -0.1) is 12.6 Å². The van der Waals surface area contributed by atoms with Gasteiger partial charge in [0.2, 0.25) is 4.38 Å². The van der Waals surface area contributed by atoms with Crippen LogP contribution in [0, 0.1) is 0 Å². The van der Waals surface area contributed by atoms with Crippen LogP contribution in [0.2, 0.25) is 0 Å². The van der Waals surface area contributed by atoms with Gasteiger partial charge < -0.3 is 4.74 Å². The molecule has 0 radical (unpaired) electrons. The molecule has 0 saturated heterocycles. The van der Waals surface area contributed by atoms with Gasteiger partial charge in [-0.25, -0.2) is 0 Å². The topological polar surface area (TPSA) is 9.23 Å². The predicted molar refractivity (Wildman–Crippen MR) is 74.4 cm³/mol. The molecule has 0 aliphatic carbocycles. The summed E-state index contributed by atoms with van der Waals surface area (Å²) in [7, 11) is 0. The van der Waals surface area contributed by atoms with Crippen LogP contribution in [0.3, 0.4) is 0 Å². The number of thiocarbonyl (C=S) groups is 2. The Morgan fingerprint density at radius 2 is 2.00 bits per heavy atom. The zero-order chi connectivity index (χ0) is 9.40. The maximum atomic E-state index is 5.21. The summed E-state index contributed by atoms with van der Waals surface area (Å²) in [5, 5.41) is 0. The molecule has 0 N–H and O–H groups in total. The molecule has 0 amide bonds. The summed E-state index contributed by atoms with van der Waals surface area (Å²) in [4.78, 5) is 0. The normalized spacial score (nSPS) is 8.77. The van der Waals surface area contributed by atoms with Crippen molar-refractivity contribution in [1.82, 2.24) is 0 Å². The fourth-order valence-corrected chi connectivity index (χ4v) is 2.05. The fraction of sp³-hybridized carbons (Fsp3) is 0.714. The van der Waals surface area contributed by atoms with Gasteiger partial charge in [-0.2, -0.15) is 0 Å². The molecule has 0 saturated carbocycles. The van der Waals surface area contributed by atoms with Crippen LogP contribution in [0.5, 0.6) is 0 Å². The van der Waals surface area contributed by atoms with E-state index in [1.807, 2.05) is 0 Å². The monoisotopic (exact) mass is 280 g/mol. The van der Waals surface area contributed by atoms with Gasteiger partial charge in [0, 0.05) is 0 Å². The quantitative estimate of drug-likeness (QED) is 0.367. The van der Waals surface area contributed by atoms with Crippen LogP contribution in [0.25, 0.3) is 0 Å². The van der Waals surface area contributed by atoms with E-state index in [4.69, 9.17) is 29.2 Å². The van der Waals surface area contributed by atoms with E-state index in [1.165, 1.54) is 24.6 Å². The van der Waals surface area contributed by atoms with Crippen LogP contribution in [0.15, 0.2) is 0 Å². The van der Waals surface area contributed by atoms with Gasteiger partial charge in [0.1, 0.15) is 3.53 Å². The van der Waals surface area contributed by atoms with E-state index >= 15 is 0 Å². The molecule has 0 atom stereocenters. The molecule has 0 aliphatic rings. The van der Waals surface area contributed by atoms with Gasteiger partial charge in [-0.1, -0.05) is 32.0 Å². The molecule has 1 nitrogen and oxygen atoms in total. The van der Waals surface area contributed by atoms with E-state index in [2.05, 4.69) is 19.6 Å². The van der Waals surface area contributed by atoms with Crippen LogP contribution >= 0.6 is 48.8 Å². The molecular formula is C7H13KOS4. The zero-order valence-electron chi connectivity index (χ0n) is 6.91. The minimum atomic E-state index is 0. The molecule has 0 aromatic rings. The van der Waals surface area contributed by atoms with E-state index < -0.39 is 0 Å².